The maximum atomic E-state index is 6.17. The summed E-state index contributed by atoms with van der Waals surface area (Å²) >= 11 is 3.57. The number of halogens is 1. The van der Waals surface area contributed by atoms with Crippen LogP contribution in [0.1, 0.15) is 44.2 Å². The molecule has 0 aromatic heterocycles. The maximum Gasteiger partial charge on any atom is 0.0415 e. The lowest BCUT2D eigenvalue weighted by Crippen LogP contribution is -2.41. The van der Waals surface area contributed by atoms with Gasteiger partial charge in [0.2, 0.25) is 0 Å². The largest absolute Gasteiger partial charge is 0.370 e. The SMILES string of the molecule is CC(N)c1cc(Br)ccc1N1CCC(N2CCCCC2)C1. The minimum Gasteiger partial charge on any atom is -0.370 e. The average Bonchev–Trinajstić information content (AvgIpc) is 2.97. The van der Waals surface area contributed by atoms with Crippen LogP contribution in [-0.2, 0) is 0 Å². The third-order valence-corrected chi connectivity index (χ3v) is 5.38. The summed E-state index contributed by atoms with van der Waals surface area (Å²) in [4.78, 5) is 5.23. The topological polar surface area (TPSA) is 32.5 Å². The van der Waals surface area contributed by atoms with Gasteiger partial charge in [-0.1, -0.05) is 22.4 Å². The van der Waals surface area contributed by atoms with Gasteiger partial charge in [0.15, 0.2) is 0 Å². The summed E-state index contributed by atoms with van der Waals surface area (Å²) in [7, 11) is 0. The van der Waals surface area contributed by atoms with Gasteiger partial charge < -0.3 is 10.6 Å². The van der Waals surface area contributed by atoms with Crippen LogP contribution < -0.4 is 10.6 Å². The standard InChI is InChI=1S/C17H26BrN3/c1-13(19)16-11-14(18)5-6-17(16)21-10-7-15(12-21)20-8-3-2-4-9-20/h5-6,11,13,15H,2-4,7-10,12,19H2,1H3. The van der Waals surface area contributed by atoms with Crippen LogP contribution in [0.25, 0.3) is 0 Å². The fourth-order valence-electron chi connectivity index (χ4n) is 3.72. The van der Waals surface area contributed by atoms with Crippen molar-refractivity contribution in [1.29, 1.82) is 0 Å². The Balaban J connectivity index is 1.73. The fourth-order valence-corrected chi connectivity index (χ4v) is 4.10. The minimum absolute atomic E-state index is 0.0755. The molecule has 0 radical (unpaired) electrons. The molecule has 2 heterocycles. The molecule has 3 nitrogen and oxygen atoms in total. The van der Waals surface area contributed by atoms with Gasteiger partial charge in [-0.05, 0) is 63.0 Å². The highest BCUT2D eigenvalue weighted by atomic mass is 79.9. The second kappa shape index (κ2) is 6.67. The van der Waals surface area contributed by atoms with Crippen LogP contribution in [0.5, 0.6) is 0 Å². The van der Waals surface area contributed by atoms with Gasteiger partial charge in [-0.3, -0.25) is 4.90 Å². The van der Waals surface area contributed by atoms with Crippen LogP contribution >= 0.6 is 15.9 Å². The molecule has 0 bridgehead atoms. The van der Waals surface area contributed by atoms with E-state index >= 15 is 0 Å². The molecule has 0 amide bonds. The zero-order valence-corrected chi connectivity index (χ0v) is 14.5. The van der Waals surface area contributed by atoms with Crippen molar-refractivity contribution in [2.45, 2.75) is 44.7 Å². The van der Waals surface area contributed by atoms with E-state index in [1.807, 2.05) is 0 Å². The van der Waals surface area contributed by atoms with Crippen molar-refractivity contribution in [2.75, 3.05) is 31.1 Å². The highest BCUT2D eigenvalue weighted by molar-refractivity contribution is 9.10. The molecule has 2 atom stereocenters. The summed E-state index contributed by atoms with van der Waals surface area (Å²) in [5.74, 6) is 0. The molecule has 3 rings (SSSR count). The van der Waals surface area contributed by atoms with Crippen molar-refractivity contribution in [3.63, 3.8) is 0 Å². The van der Waals surface area contributed by atoms with Gasteiger partial charge >= 0.3 is 0 Å². The Kier molecular flexibility index (Phi) is 4.87. The van der Waals surface area contributed by atoms with E-state index in [4.69, 9.17) is 5.73 Å². The second-order valence-corrected chi connectivity index (χ2v) is 7.39. The highest BCUT2D eigenvalue weighted by Gasteiger charge is 2.29. The normalized spacial score (nSPS) is 25.3. The summed E-state index contributed by atoms with van der Waals surface area (Å²) in [5, 5.41) is 0. The predicted octanol–water partition coefficient (Wildman–Crippen LogP) is 3.53. The van der Waals surface area contributed by atoms with Crippen LogP contribution in [0, 0.1) is 0 Å². The average molecular weight is 352 g/mol. The summed E-state index contributed by atoms with van der Waals surface area (Å²) in [6, 6.07) is 7.34. The van der Waals surface area contributed by atoms with Crippen LogP contribution in [0.3, 0.4) is 0 Å². The van der Waals surface area contributed by atoms with E-state index in [0.717, 1.165) is 23.6 Å². The van der Waals surface area contributed by atoms with Crippen LogP contribution in [-0.4, -0.2) is 37.1 Å². The number of likely N-dealkylation sites (tertiary alicyclic amines) is 1. The van der Waals surface area contributed by atoms with Crippen molar-refractivity contribution in [3.8, 4) is 0 Å². The smallest absolute Gasteiger partial charge is 0.0415 e. The molecular formula is C17H26BrN3. The van der Waals surface area contributed by atoms with Gasteiger partial charge in [0.25, 0.3) is 0 Å². The third kappa shape index (κ3) is 3.43. The molecule has 2 unspecified atom stereocenters. The zero-order valence-electron chi connectivity index (χ0n) is 12.9. The third-order valence-electron chi connectivity index (χ3n) is 4.89. The monoisotopic (exact) mass is 351 g/mol. The molecule has 21 heavy (non-hydrogen) atoms. The van der Waals surface area contributed by atoms with Crippen LogP contribution in [0.4, 0.5) is 5.69 Å². The number of rotatable bonds is 3. The summed E-state index contributed by atoms with van der Waals surface area (Å²) < 4.78 is 1.12. The molecule has 4 heteroatoms. The number of nitrogens with two attached hydrogens (primary N) is 1. The van der Waals surface area contributed by atoms with Crippen molar-refractivity contribution in [2.24, 2.45) is 5.73 Å². The molecule has 0 spiro atoms. The Hall–Kier alpha value is -0.580. The summed E-state index contributed by atoms with van der Waals surface area (Å²) in [5.41, 5.74) is 8.75. The highest BCUT2D eigenvalue weighted by Crippen LogP contribution is 2.32. The van der Waals surface area contributed by atoms with E-state index in [1.165, 1.54) is 50.0 Å². The van der Waals surface area contributed by atoms with Gasteiger partial charge in [0.1, 0.15) is 0 Å². The van der Waals surface area contributed by atoms with Gasteiger partial charge in [-0.15, -0.1) is 0 Å². The van der Waals surface area contributed by atoms with Gasteiger partial charge in [0.05, 0.1) is 0 Å². The Morgan fingerprint density at radius 3 is 2.67 bits per heavy atom. The molecule has 0 aliphatic carbocycles. The fraction of sp³-hybridized carbons (Fsp3) is 0.647. The van der Waals surface area contributed by atoms with Gasteiger partial charge in [-0.2, -0.15) is 0 Å². The maximum absolute atomic E-state index is 6.17. The molecule has 2 aliphatic heterocycles. The molecule has 2 fully saturated rings. The number of nitrogens with zero attached hydrogens (tertiary/aromatic N) is 2. The lowest BCUT2D eigenvalue weighted by Gasteiger charge is -2.32. The number of benzene rings is 1. The van der Waals surface area contributed by atoms with E-state index in [0.29, 0.717) is 0 Å². The van der Waals surface area contributed by atoms with Crippen LogP contribution in [0.15, 0.2) is 22.7 Å². The lowest BCUT2D eigenvalue weighted by atomic mass is 10.1. The first-order valence-electron chi connectivity index (χ1n) is 8.19. The predicted molar refractivity (Wildman–Crippen MR) is 92.8 cm³/mol. The number of piperidine rings is 1. The first kappa shape index (κ1) is 15.3. The summed E-state index contributed by atoms with van der Waals surface area (Å²) in [6.07, 6.45) is 5.45. The van der Waals surface area contributed by atoms with E-state index < -0.39 is 0 Å². The molecule has 1 aromatic rings. The molecule has 116 valence electrons. The molecule has 1 aromatic carbocycles. The molecule has 2 N–H and O–H groups in total. The van der Waals surface area contributed by atoms with Gasteiger partial charge in [0, 0.05) is 35.3 Å². The van der Waals surface area contributed by atoms with Crippen LogP contribution in [0.2, 0.25) is 0 Å². The van der Waals surface area contributed by atoms with Crippen molar-refractivity contribution < 1.29 is 0 Å². The van der Waals surface area contributed by atoms with E-state index in [2.05, 4.69) is 50.9 Å². The van der Waals surface area contributed by atoms with E-state index in [1.54, 1.807) is 0 Å². The first-order valence-corrected chi connectivity index (χ1v) is 8.98. The number of anilines is 1. The first-order chi connectivity index (χ1) is 10.1. The van der Waals surface area contributed by atoms with Crippen molar-refractivity contribution in [3.05, 3.63) is 28.2 Å². The Morgan fingerprint density at radius 2 is 1.95 bits per heavy atom. The Labute approximate surface area is 136 Å². The molecule has 2 aliphatic rings. The van der Waals surface area contributed by atoms with Crippen molar-refractivity contribution >= 4 is 21.6 Å². The zero-order chi connectivity index (χ0) is 14.8. The lowest BCUT2D eigenvalue weighted by molar-refractivity contribution is 0.175. The summed E-state index contributed by atoms with van der Waals surface area (Å²) in [6.45, 7) is 6.96. The second-order valence-electron chi connectivity index (χ2n) is 6.48. The molecular weight excluding hydrogens is 326 g/mol. The Morgan fingerprint density at radius 1 is 1.19 bits per heavy atom. The van der Waals surface area contributed by atoms with E-state index in [-0.39, 0.29) is 6.04 Å². The quantitative estimate of drug-likeness (QED) is 0.903. The molecule has 0 saturated carbocycles. The van der Waals surface area contributed by atoms with Crippen molar-refractivity contribution in [1.82, 2.24) is 4.90 Å². The minimum atomic E-state index is 0.0755. The van der Waals surface area contributed by atoms with E-state index in [9.17, 15) is 0 Å². The number of hydrogen-bond acceptors (Lipinski definition) is 3. The molecule has 2 saturated heterocycles. The Bertz CT molecular complexity index is 483. The number of hydrogen-bond donors (Lipinski definition) is 1. The van der Waals surface area contributed by atoms with Gasteiger partial charge in [-0.25, -0.2) is 0 Å².